The minimum atomic E-state index is -5.08. The minimum absolute atomic E-state index is 0.0673. The summed E-state index contributed by atoms with van der Waals surface area (Å²) >= 11 is 0. The van der Waals surface area contributed by atoms with E-state index in [4.69, 9.17) is 24.5 Å². The molecule has 1 aliphatic carbocycles. The predicted molar refractivity (Wildman–Crippen MR) is 91.0 cm³/mol. The van der Waals surface area contributed by atoms with Crippen LogP contribution in [0.2, 0.25) is 0 Å². The minimum Gasteiger partial charge on any atom is -0.490 e. The molecule has 9 nitrogen and oxygen atoms in total. The Morgan fingerprint density at radius 3 is 2.31 bits per heavy atom. The van der Waals surface area contributed by atoms with Gasteiger partial charge in [-0.1, -0.05) is 22.8 Å². The second-order valence-corrected chi connectivity index (χ2v) is 6.05. The molecular formula is C17H18F3N3O6. The molecule has 12 heteroatoms. The molecule has 1 saturated carbocycles. The van der Waals surface area contributed by atoms with Gasteiger partial charge in [0.05, 0.1) is 6.10 Å². The number of aliphatic carboxylic acids is 1. The number of benzene rings is 1. The molecule has 0 radical (unpaired) electrons. The molecule has 0 unspecified atom stereocenters. The molecule has 1 heterocycles. The van der Waals surface area contributed by atoms with E-state index < -0.39 is 18.1 Å². The number of ether oxygens (including phenoxy) is 2. The van der Waals surface area contributed by atoms with Gasteiger partial charge in [-0.3, -0.25) is 0 Å². The van der Waals surface area contributed by atoms with Gasteiger partial charge in [-0.25, -0.2) is 14.7 Å². The molecule has 0 amide bonds. The lowest BCUT2D eigenvalue weighted by Gasteiger charge is -2.23. The molecule has 158 valence electrons. The summed E-state index contributed by atoms with van der Waals surface area (Å²) < 4.78 is 43.2. The topological polar surface area (TPSA) is 135 Å². The highest BCUT2D eigenvalue weighted by atomic mass is 19.4. The highest BCUT2D eigenvalue weighted by molar-refractivity contribution is 5.87. The van der Waals surface area contributed by atoms with Crippen LogP contribution in [0.1, 0.15) is 42.6 Å². The Morgan fingerprint density at radius 2 is 1.72 bits per heavy atom. The van der Waals surface area contributed by atoms with E-state index in [1.165, 1.54) is 19.3 Å². The number of carbonyl (C=O) groups is 2. The Morgan fingerprint density at radius 1 is 1.10 bits per heavy atom. The highest BCUT2D eigenvalue weighted by Gasteiger charge is 2.38. The summed E-state index contributed by atoms with van der Waals surface area (Å²) in [6.07, 6.45) is 0.955. The van der Waals surface area contributed by atoms with Gasteiger partial charge < -0.3 is 19.7 Å². The van der Waals surface area contributed by atoms with Crippen LogP contribution < -0.4 is 9.47 Å². The number of halogens is 3. The quantitative estimate of drug-likeness (QED) is 0.671. The molecule has 0 bridgehead atoms. The molecule has 3 rings (SSSR count). The molecule has 0 spiro atoms. The molecule has 1 aromatic heterocycles. The molecule has 1 fully saturated rings. The molecule has 29 heavy (non-hydrogen) atoms. The van der Waals surface area contributed by atoms with Gasteiger partial charge in [-0.05, 0) is 37.8 Å². The van der Waals surface area contributed by atoms with Gasteiger partial charge in [-0.2, -0.15) is 13.2 Å². The number of aromatic amines is 1. The van der Waals surface area contributed by atoms with Crippen LogP contribution in [0.25, 0.3) is 0 Å². The van der Waals surface area contributed by atoms with Crippen LogP contribution in [-0.4, -0.2) is 49.8 Å². The maximum absolute atomic E-state index is 11.0. The number of nitrogens with zero attached hydrogens (tertiary/aromatic N) is 2. The lowest BCUT2D eigenvalue weighted by Crippen LogP contribution is -2.21. The van der Waals surface area contributed by atoms with E-state index in [0.717, 1.165) is 12.8 Å². The lowest BCUT2D eigenvalue weighted by molar-refractivity contribution is -0.192. The van der Waals surface area contributed by atoms with Crippen molar-refractivity contribution in [2.75, 3.05) is 0 Å². The zero-order valence-electron chi connectivity index (χ0n) is 15.0. The van der Waals surface area contributed by atoms with Crippen LogP contribution in [0.15, 0.2) is 24.3 Å². The maximum Gasteiger partial charge on any atom is 0.490 e. The first-order valence-electron chi connectivity index (χ1n) is 8.56. The first kappa shape index (κ1) is 22.0. The Balaban J connectivity index is 0.000000370. The number of carboxylic acids is 2. The number of aromatic carboxylic acids is 1. The fourth-order valence-corrected chi connectivity index (χ4v) is 2.53. The van der Waals surface area contributed by atoms with Crippen molar-refractivity contribution in [2.45, 2.75) is 44.4 Å². The van der Waals surface area contributed by atoms with Crippen molar-refractivity contribution < 1.29 is 42.4 Å². The van der Waals surface area contributed by atoms with Crippen LogP contribution >= 0.6 is 0 Å². The molecule has 0 saturated heterocycles. The molecule has 1 aromatic carbocycles. The summed E-state index contributed by atoms with van der Waals surface area (Å²) in [5.41, 5.74) is -0.182. The molecule has 1 aliphatic rings. The summed E-state index contributed by atoms with van der Waals surface area (Å²) in [4.78, 5) is 19.9. The second kappa shape index (κ2) is 9.75. The standard InChI is InChI=1S/C15H17N3O4.C2HF3O2/c19-15(20)13-14(17-18-16-13)22-12-8-4-7-11(9-12)21-10-5-2-1-3-6-10;3-2(4,5)1(6)7/h4,7-10H,1-3,5-6H2,(H,19,20)(H,16,17,18);(H,6,7). The van der Waals surface area contributed by atoms with Crippen LogP contribution in [0.4, 0.5) is 13.2 Å². The van der Waals surface area contributed by atoms with Crippen molar-refractivity contribution >= 4 is 11.9 Å². The number of H-pyrrole nitrogens is 1. The van der Waals surface area contributed by atoms with Crippen LogP contribution in [0.3, 0.4) is 0 Å². The molecule has 0 aliphatic heterocycles. The first-order valence-corrected chi connectivity index (χ1v) is 8.56. The van der Waals surface area contributed by atoms with Crippen molar-refractivity contribution in [3.05, 3.63) is 30.0 Å². The second-order valence-electron chi connectivity index (χ2n) is 6.05. The number of alkyl halides is 3. The van der Waals surface area contributed by atoms with Crippen molar-refractivity contribution in [1.29, 1.82) is 0 Å². The summed E-state index contributed by atoms with van der Waals surface area (Å²) in [6, 6.07) is 7.11. The fourth-order valence-electron chi connectivity index (χ4n) is 2.53. The number of aromatic nitrogens is 3. The van der Waals surface area contributed by atoms with Crippen LogP contribution in [0, 0.1) is 0 Å². The zero-order chi connectivity index (χ0) is 21.4. The van der Waals surface area contributed by atoms with E-state index in [2.05, 4.69) is 15.4 Å². The number of nitrogens with one attached hydrogen (secondary N) is 1. The third-order valence-electron chi connectivity index (χ3n) is 3.85. The van der Waals surface area contributed by atoms with Crippen molar-refractivity contribution in [2.24, 2.45) is 0 Å². The smallest absolute Gasteiger partial charge is 0.490 e. The monoisotopic (exact) mass is 417 g/mol. The van der Waals surface area contributed by atoms with Crippen molar-refractivity contribution in [3.63, 3.8) is 0 Å². The summed E-state index contributed by atoms with van der Waals surface area (Å²) in [7, 11) is 0. The average molecular weight is 417 g/mol. The number of rotatable bonds is 5. The van der Waals surface area contributed by atoms with Crippen molar-refractivity contribution in [1.82, 2.24) is 15.4 Å². The lowest BCUT2D eigenvalue weighted by atomic mass is 9.98. The van der Waals surface area contributed by atoms with Gasteiger partial charge in [0, 0.05) is 6.07 Å². The van der Waals surface area contributed by atoms with E-state index in [0.29, 0.717) is 11.5 Å². The Bertz CT molecular complexity index is 834. The summed E-state index contributed by atoms with van der Waals surface area (Å²) in [5, 5.41) is 25.5. The molecular weight excluding hydrogens is 399 g/mol. The number of hydrogen-bond donors (Lipinski definition) is 3. The van der Waals surface area contributed by atoms with E-state index in [1.54, 1.807) is 18.2 Å². The largest absolute Gasteiger partial charge is 0.490 e. The highest BCUT2D eigenvalue weighted by Crippen LogP contribution is 2.28. The Kier molecular flexibility index (Phi) is 7.39. The third-order valence-corrected chi connectivity index (χ3v) is 3.85. The number of carboxylic acid groups (broad SMARTS) is 2. The van der Waals surface area contributed by atoms with E-state index in [1.807, 2.05) is 6.07 Å². The van der Waals surface area contributed by atoms with Gasteiger partial charge in [0.15, 0.2) is 0 Å². The fraction of sp³-hybridized carbons (Fsp3) is 0.412. The van der Waals surface area contributed by atoms with E-state index in [9.17, 15) is 18.0 Å². The van der Waals surface area contributed by atoms with Gasteiger partial charge in [0.1, 0.15) is 11.5 Å². The SMILES string of the molecule is O=C(O)C(F)(F)F.O=C(O)c1[nH]nnc1Oc1cccc(OC2CCCCC2)c1. The first-order chi connectivity index (χ1) is 13.7. The number of hydrogen-bond acceptors (Lipinski definition) is 6. The predicted octanol–water partition coefficient (Wildman–Crippen LogP) is 3.64. The summed E-state index contributed by atoms with van der Waals surface area (Å²) in [5.74, 6) is -2.82. The van der Waals surface area contributed by atoms with Crippen LogP contribution in [-0.2, 0) is 4.79 Å². The zero-order valence-corrected chi connectivity index (χ0v) is 15.0. The van der Waals surface area contributed by atoms with Crippen molar-refractivity contribution in [3.8, 4) is 17.4 Å². The van der Waals surface area contributed by atoms with Gasteiger partial charge >= 0.3 is 18.1 Å². The van der Waals surface area contributed by atoms with E-state index in [-0.39, 0.29) is 17.7 Å². The maximum atomic E-state index is 11.0. The molecule has 2 aromatic rings. The van der Waals surface area contributed by atoms with Gasteiger partial charge in [0.25, 0.3) is 5.88 Å². The average Bonchev–Trinajstić information content (AvgIpc) is 3.11. The summed E-state index contributed by atoms with van der Waals surface area (Å²) in [6.45, 7) is 0. The normalized spacial score (nSPS) is 14.4. The van der Waals surface area contributed by atoms with Crippen LogP contribution in [0.5, 0.6) is 17.4 Å². The molecule has 0 atom stereocenters. The Hall–Kier alpha value is -3.31. The van der Waals surface area contributed by atoms with Gasteiger partial charge in [-0.15, -0.1) is 0 Å². The van der Waals surface area contributed by atoms with Gasteiger partial charge in [0.2, 0.25) is 5.69 Å². The Labute approximate surface area is 162 Å². The third kappa shape index (κ3) is 6.97. The van der Waals surface area contributed by atoms with E-state index >= 15 is 0 Å². The molecule has 3 N–H and O–H groups in total.